The molecule has 0 aliphatic carbocycles. The molecule has 0 atom stereocenters. The fourth-order valence-corrected chi connectivity index (χ4v) is 1.86. The third kappa shape index (κ3) is 5.37. The third-order valence-corrected chi connectivity index (χ3v) is 3.21. The Morgan fingerprint density at radius 3 is 2.35 bits per heavy atom. The Balaban J connectivity index is 2.53. The number of anilines is 1. The maximum Gasteiger partial charge on any atom is 0.306 e. The second-order valence-electron chi connectivity index (χ2n) is 4.03. The minimum atomic E-state index is -3.76. The first-order chi connectivity index (χ1) is 9.32. The predicted octanol–water partition coefficient (Wildman–Crippen LogP) is 0.616. The van der Waals surface area contributed by atoms with Gasteiger partial charge in [-0.2, -0.15) is 0 Å². The maximum atomic E-state index is 11.5. The van der Waals surface area contributed by atoms with E-state index in [1.807, 2.05) is 6.92 Å². The van der Waals surface area contributed by atoms with Gasteiger partial charge in [0.2, 0.25) is 10.0 Å². The minimum Gasteiger partial charge on any atom is -0.456 e. The van der Waals surface area contributed by atoms with E-state index < -0.39 is 21.9 Å². The van der Waals surface area contributed by atoms with E-state index in [1.165, 1.54) is 24.3 Å². The SMILES string of the molecule is CCCC(=O)OCC(=O)Nc1ccc(S(N)(=O)=O)cc1. The van der Waals surface area contributed by atoms with Crippen molar-refractivity contribution in [1.82, 2.24) is 0 Å². The fourth-order valence-electron chi connectivity index (χ4n) is 1.35. The highest BCUT2D eigenvalue weighted by molar-refractivity contribution is 7.89. The van der Waals surface area contributed by atoms with E-state index in [0.29, 0.717) is 12.1 Å². The summed E-state index contributed by atoms with van der Waals surface area (Å²) in [6.45, 7) is 1.45. The summed E-state index contributed by atoms with van der Waals surface area (Å²) in [6.07, 6.45) is 0.909. The lowest BCUT2D eigenvalue weighted by Gasteiger charge is -2.06. The second-order valence-corrected chi connectivity index (χ2v) is 5.59. The normalized spacial score (nSPS) is 10.9. The van der Waals surface area contributed by atoms with Gasteiger partial charge in [0.05, 0.1) is 4.90 Å². The number of amides is 1. The molecule has 0 saturated heterocycles. The second kappa shape index (κ2) is 7.01. The smallest absolute Gasteiger partial charge is 0.306 e. The van der Waals surface area contributed by atoms with Crippen molar-refractivity contribution in [1.29, 1.82) is 0 Å². The van der Waals surface area contributed by atoms with E-state index in [-0.39, 0.29) is 17.9 Å². The summed E-state index contributed by atoms with van der Waals surface area (Å²) in [5, 5.41) is 7.41. The van der Waals surface area contributed by atoms with Gasteiger partial charge in [0.15, 0.2) is 6.61 Å². The molecule has 1 aromatic rings. The predicted molar refractivity (Wildman–Crippen MR) is 72.3 cm³/mol. The Morgan fingerprint density at radius 1 is 1.25 bits per heavy atom. The zero-order valence-electron chi connectivity index (χ0n) is 11.0. The Morgan fingerprint density at radius 2 is 1.85 bits per heavy atom. The van der Waals surface area contributed by atoms with Crippen LogP contribution in [0.2, 0.25) is 0 Å². The molecule has 1 amide bonds. The summed E-state index contributed by atoms with van der Waals surface area (Å²) in [6, 6.07) is 5.33. The first-order valence-corrected chi connectivity index (χ1v) is 7.46. The molecule has 1 rings (SSSR count). The van der Waals surface area contributed by atoms with Gasteiger partial charge < -0.3 is 10.1 Å². The van der Waals surface area contributed by atoms with Crippen LogP contribution in [0.4, 0.5) is 5.69 Å². The van der Waals surface area contributed by atoms with Crippen molar-refractivity contribution in [3.05, 3.63) is 24.3 Å². The van der Waals surface area contributed by atoms with Gasteiger partial charge in [-0.25, -0.2) is 13.6 Å². The molecule has 8 heteroatoms. The molecule has 0 unspecified atom stereocenters. The number of benzene rings is 1. The summed E-state index contributed by atoms with van der Waals surface area (Å²) < 4.78 is 26.8. The highest BCUT2D eigenvalue weighted by atomic mass is 32.2. The number of hydrogen-bond acceptors (Lipinski definition) is 5. The zero-order valence-corrected chi connectivity index (χ0v) is 11.8. The van der Waals surface area contributed by atoms with Crippen LogP contribution in [-0.2, 0) is 24.3 Å². The van der Waals surface area contributed by atoms with Crippen molar-refractivity contribution in [2.75, 3.05) is 11.9 Å². The summed E-state index contributed by atoms with van der Waals surface area (Å²) in [7, 11) is -3.76. The number of sulfonamides is 1. The van der Waals surface area contributed by atoms with Gasteiger partial charge in [-0.05, 0) is 30.7 Å². The van der Waals surface area contributed by atoms with E-state index in [1.54, 1.807) is 0 Å². The molecule has 110 valence electrons. The molecule has 0 aliphatic heterocycles. The molecule has 0 bridgehead atoms. The lowest BCUT2D eigenvalue weighted by molar-refractivity contribution is -0.147. The quantitative estimate of drug-likeness (QED) is 0.747. The number of hydrogen-bond donors (Lipinski definition) is 2. The average molecular weight is 300 g/mol. The monoisotopic (exact) mass is 300 g/mol. The topological polar surface area (TPSA) is 116 Å². The van der Waals surface area contributed by atoms with Crippen LogP contribution in [0.5, 0.6) is 0 Å². The molecule has 0 heterocycles. The van der Waals surface area contributed by atoms with Gasteiger partial charge in [0, 0.05) is 12.1 Å². The Bertz CT molecular complexity index is 580. The molecular formula is C12H16N2O5S. The van der Waals surface area contributed by atoms with E-state index in [0.717, 1.165) is 0 Å². The van der Waals surface area contributed by atoms with E-state index >= 15 is 0 Å². The van der Waals surface area contributed by atoms with Crippen molar-refractivity contribution < 1.29 is 22.7 Å². The number of carbonyl (C=O) groups is 2. The van der Waals surface area contributed by atoms with Crippen LogP contribution >= 0.6 is 0 Å². The number of nitrogens with one attached hydrogen (secondary N) is 1. The lowest BCUT2D eigenvalue weighted by Crippen LogP contribution is -2.20. The molecule has 3 N–H and O–H groups in total. The number of primary sulfonamides is 1. The van der Waals surface area contributed by atoms with Crippen molar-refractivity contribution in [3.8, 4) is 0 Å². The van der Waals surface area contributed by atoms with Gasteiger partial charge in [-0.3, -0.25) is 9.59 Å². The van der Waals surface area contributed by atoms with Crippen LogP contribution in [0.25, 0.3) is 0 Å². The summed E-state index contributed by atoms with van der Waals surface area (Å²) >= 11 is 0. The molecule has 20 heavy (non-hydrogen) atoms. The molecule has 0 aliphatic rings. The summed E-state index contributed by atoms with van der Waals surface area (Å²) in [4.78, 5) is 22.5. The Kier molecular flexibility index (Phi) is 5.66. The number of nitrogens with two attached hydrogens (primary N) is 1. The molecule has 0 aromatic heterocycles. The van der Waals surface area contributed by atoms with Gasteiger partial charge in [-0.15, -0.1) is 0 Å². The van der Waals surface area contributed by atoms with Crippen LogP contribution in [-0.4, -0.2) is 26.9 Å². The van der Waals surface area contributed by atoms with Gasteiger partial charge in [-0.1, -0.05) is 6.92 Å². The van der Waals surface area contributed by atoms with Gasteiger partial charge in [0.1, 0.15) is 0 Å². The largest absolute Gasteiger partial charge is 0.456 e. The minimum absolute atomic E-state index is 0.0510. The van der Waals surface area contributed by atoms with E-state index in [2.05, 4.69) is 5.32 Å². The van der Waals surface area contributed by atoms with Crippen LogP contribution in [0.3, 0.4) is 0 Å². The number of rotatable bonds is 6. The van der Waals surface area contributed by atoms with Crippen molar-refractivity contribution in [3.63, 3.8) is 0 Å². The first kappa shape index (κ1) is 16.1. The lowest BCUT2D eigenvalue weighted by atomic mass is 10.3. The van der Waals surface area contributed by atoms with Gasteiger partial charge >= 0.3 is 5.97 Å². The van der Waals surface area contributed by atoms with Gasteiger partial charge in [0.25, 0.3) is 5.91 Å². The van der Waals surface area contributed by atoms with Crippen LogP contribution < -0.4 is 10.5 Å². The summed E-state index contributed by atoms with van der Waals surface area (Å²) in [5.74, 6) is -0.940. The first-order valence-electron chi connectivity index (χ1n) is 5.91. The molecule has 0 fully saturated rings. The molecular weight excluding hydrogens is 284 g/mol. The van der Waals surface area contributed by atoms with Crippen LogP contribution in [0.1, 0.15) is 19.8 Å². The fraction of sp³-hybridized carbons (Fsp3) is 0.333. The third-order valence-electron chi connectivity index (χ3n) is 2.28. The highest BCUT2D eigenvalue weighted by Crippen LogP contribution is 2.12. The number of esters is 1. The molecule has 0 radical (unpaired) electrons. The van der Waals surface area contributed by atoms with Crippen LogP contribution in [0, 0.1) is 0 Å². The standard InChI is InChI=1S/C12H16N2O5S/c1-2-3-12(16)19-8-11(15)14-9-4-6-10(7-5-9)20(13,17)18/h4-7H,2-3,8H2,1H3,(H,14,15)(H2,13,17,18). The Hall–Kier alpha value is -1.93. The van der Waals surface area contributed by atoms with E-state index in [9.17, 15) is 18.0 Å². The molecule has 0 spiro atoms. The summed E-state index contributed by atoms with van der Waals surface area (Å²) in [5.41, 5.74) is 0.383. The molecule has 7 nitrogen and oxygen atoms in total. The molecule has 0 saturated carbocycles. The van der Waals surface area contributed by atoms with Crippen molar-refractivity contribution in [2.45, 2.75) is 24.7 Å². The maximum absolute atomic E-state index is 11.5. The average Bonchev–Trinajstić information content (AvgIpc) is 2.36. The Labute approximate surface area is 117 Å². The number of carbonyl (C=O) groups excluding carboxylic acids is 2. The highest BCUT2D eigenvalue weighted by Gasteiger charge is 2.09. The molecule has 1 aromatic carbocycles. The zero-order chi connectivity index (χ0) is 15.2. The van der Waals surface area contributed by atoms with Crippen molar-refractivity contribution >= 4 is 27.6 Å². The van der Waals surface area contributed by atoms with Crippen molar-refractivity contribution in [2.24, 2.45) is 5.14 Å². The van der Waals surface area contributed by atoms with Crippen LogP contribution in [0.15, 0.2) is 29.2 Å². The van der Waals surface area contributed by atoms with E-state index in [4.69, 9.17) is 9.88 Å². The number of ether oxygens (including phenoxy) is 1.